The number of H-pyrrole nitrogens is 1. The summed E-state index contributed by atoms with van der Waals surface area (Å²) in [5, 5.41) is 4.21. The standard InChI is InChI=1S/C28H28N2O4/c1-32-25-15-19(16-26(33-2)28(25)34-3)13-14-27(31)30-17-22(20-9-5-4-6-10-20)23-18-29-24-12-8-7-11-21(23)24/h4-16,18,22,29H,17H2,1-3H3,(H,30,31)/b14-13+. The highest BCUT2D eigenvalue weighted by Gasteiger charge is 2.18. The van der Waals surface area contributed by atoms with E-state index in [2.05, 4.69) is 34.6 Å². The first-order valence-corrected chi connectivity index (χ1v) is 11.0. The van der Waals surface area contributed by atoms with E-state index in [-0.39, 0.29) is 11.8 Å². The predicted octanol–water partition coefficient (Wildman–Crippen LogP) is 5.16. The number of hydrogen-bond donors (Lipinski definition) is 2. The minimum atomic E-state index is -0.186. The Hall–Kier alpha value is -4.19. The number of fused-ring (bicyclic) bond motifs is 1. The van der Waals surface area contributed by atoms with Gasteiger partial charge in [-0.3, -0.25) is 4.79 Å². The summed E-state index contributed by atoms with van der Waals surface area (Å²) in [4.78, 5) is 16.1. The Morgan fingerprint density at radius 1 is 0.941 bits per heavy atom. The van der Waals surface area contributed by atoms with Crippen molar-refractivity contribution in [1.29, 1.82) is 0 Å². The van der Waals surface area contributed by atoms with Gasteiger partial charge in [0.2, 0.25) is 11.7 Å². The third-order valence-electron chi connectivity index (χ3n) is 5.79. The summed E-state index contributed by atoms with van der Waals surface area (Å²) in [7, 11) is 4.68. The molecule has 1 aromatic heterocycles. The van der Waals surface area contributed by atoms with Gasteiger partial charge in [0.15, 0.2) is 11.5 Å². The van der Waals surface area contributed by atoms with Crippen LogP contribution in [0.2, 0.25) is 0 Å². The van der Waals surface area contributed by atoms with Crippen LogP contribution in [0.25, 0.3) is 17.0 Å². The second-order valence-corrected chi connectivity index (χ2v) is 7.79. The highest BCUT2D eigenvalue weighted by atomic mass is 16.5. The molecule has 0 aliphatic heterocycles. The molecule has 0 aliphatic carbocycles. The lowest BCUT2D eigenvalue weighted by Gasteiger charge is -2.17. The molecule has 6 nitrogen and oxygen atoms in total. The first-order valence-electron chi connectivity index (χ1n) is 11.0. The van der Waals surface area contributed by atoms with Crippen LogP contribution in [0.5, 0.6) is 17.2 Å². The van der Waals surface area contributed by atoms with Crippen LogP contribution in [0.4, 0.5) is 0 Å². The van der Waals surface area contributed by atoms with Crippen molar-refractivity contribution in [2.75, 3.05) is 27.9 Å². The van der Waals surface area contributed by atoms with E-state index in [9.17, 15) is 4.79 Å². The maximum atomic E-state index is 12.7. The number of aromatic nitrogens is 1. The number of para-hydroxylation sites is 1. The lowest BCUT2D eigenvalue weighted by atomic mass is 9.91. The van der Waals surface area contributed by atoms with Crippen molar-refractivity contribution >= 4 is 22.9 Å². The van der Waals surface area contributed by atoms with Gasteiger partial charge in [-0.15, -0.1) is 0 Å². The molecule has 1 atom stereocenters. The van der Waals surface area contributed by atoms with Crippen molar-refractivity contribution in [1.82, 2.24) is 10.3 Å². The van der Waals surface area contributed by atoms with Crippen LogP contribution < -0.4 is 19.5 Å². The lowest BCUT2D eigenvalue weighted by Crippen LogP contribution is -2.27. The van der Waals surface area contributed by atoms with Crippen LogP contribution in [0.3, 0.4) is 0 Å². The number of hydrogen-bond acceptors (Lipinski definition) is 4. The van der Waals surface area contributed by atoms with E-state index < -0.39 is 0 Å². The molecule has 4 rings (SSSR count). The molecule has 6 heteroatoms. The van der Waals surface area contributed by atoms with Crippen molar-refractivity contribution in [3.63, 3.8) is 0 Å². The Kier molecular flexibility index (Phi) is 7.18. The molecule has 0 spiro atoms. The fourth-order valence-electron chi connectivity index (χ4n) is 4.11. The van der Waals surface area contributed by atoms with E-state index in [0.29, 0.717) is 23.8 Å². The number of methoxy groups -OCH3 is 3. The molecule has 0 fully saturated rings. The number of carbonyl (C=O) groups excluding carboxylic acids is 1. The van der Waals surface area contributed by atoms with Crippen LogP contribution in [0.1, 0.15) is 22.6 Å². The Morgan fingerprint density at radius 2 is 1.62 bits per heavy atom. The molecule has 1 unspecified atom stereocenters. The molecule has 0 saturated heterocycles. The topological polar surface area (TPSA) is 72.6 Å². The highest BCUT2D eigenvalue weighted by molar-refractivity contribution is 5.92. The van der Waals surface area contributed by atoms with Gasteiger partial charge in [0, 0.05) is 35.6 Å². The summed E-state index contributed by atoms with van der Waals surface area (Å²) >= 11 is 0. The van der Waals surface area contributed by atoms with Gasteiger partial charge in [0.25, 0.3) is 0 Å². The van der Waals surface area contributed by atoms with E-state index in [4.69, 9.17) is 14.2 Å². The molecule has 0 bridgehead atoms. The fraction of sp³-hybridized carbons (Fsp3) is 0.179. The number of benzene rings is 3. The molecular weight excluding hydrogens is 428 g/mol. The molecule has 3 aromatic carbocycles. The van der Waals surface area contributed by atoms with Crippen molar-refractivity contribution in [2.45, 2.75) is 5.92 Å². The zero-order valence-electron chi connectivity index (χ0n) is 19.5. The Balaban J connectivity index is 1.53. The average molecular weight is 457 g/mol. The molecule has 4 aromatic rings. The monoisotopic (exact) mass is 456 g/mol. The SMILES string of the molecule is COc1cc(/C=C/C(=O)NCC(c2ccccc2)c2c[nH]c3ccccc23)cc(OC)c1OC. The van der Waals surface area contributed by atoms with Crippen LogP contribution in [0, 0.1) is 0 Å². The van der Waals surface area contributed by atoms with E-state index in [1.807, 2.05) is 36.5 Å². The molecule has 0 saturated carbocycles. The number of carbonyl (C=O) groups is 1. The van der Waals surface area contributed by atoms with Crippen molar-refractivity contribution < 1.29 is 19.0 Å². The maximum absolute atomic E-state index is 12.7. The minimum Gasteiger partial charge on any atom is -0.493 e. The van der Waals surface area contributed by atoms with Crippen LogP contribution in [-0.2, 0) is 4.79 Å². The number of nitrogens with one attached hydrogen (secondary N) is 2. The summed E-state index contributed by atoms with van der Waals surface area (Å²) in [5.41, 5.74) is 4.13. The first kappa shape index (κ1) is 23.0. The Bertz CT molecular complexity index is 1270. The van der Waals surface area contributed by atoms with E-state index >= 15 is 0 Å². The van der Waals surface area contributed by atoms with E-state index in [1.54, 1.807) is 39.5 Å². The second kappa shape index (κ2) is 10.6. The lowest BCUT2D eigenvalue weighted by molar-refractivity contribution is -0.116. The number of aromatic amines is 1. The number of rotatable bonds is 9. The summed E-state index contributed by atoms with van der Waals surface area (Å²) in [6, 6.07) is 22.0. The molecule has 0 aliphatic rings. The largest absolute Gasteiger partial charge is 0.493 e. The third-order valence-corrected chi connectivity index (χ3v) is 5.79. The Morgan fingerprint density at radius 3 is 2.29 bits per heavy atom. The quantitative estimate of drug-likeness (QED) is 0.342. The molecule has 1 heterocycles. The van der Waals surface area contributed by atoms with Gasteiger partial charge in [-0.25, -0.2) is 0 Å². The van der Waals surface area contributed by atoms with Crippen molar-refractivity contribution in [3.05, 3.63) is 95.7 Å². The number of ether oxygens (including phenoxy) is 3. The van der Waals surface area contributed by atoms with Gasteiger partial charge in [0.05, 0.1) is 21.3 Å². The van der Waals surface area contributed by atoms with Crippen molar-refractivity contribution in [2.24, 2.45) is 0 Å². The normalized spacial score (nSPS) is 12.0. The molecule has 2 N–H and O–H groups in total. The summed E-state index contributed by atoms with van der Waals surface area (Å²) in [6.07, 6.45) is 5.27. The average Bonchev–Trinajstić information content (AvgIpc) is 3.31. The summed E-state index contributed by atoms with van der Waals surface area (Å²) in [6.45, 7) is 0.463. The molecule has 0 radical (unpaired) electrons. The van der Waals surface area contributed by atoms with E-state index in [0.717, 1.165) is 27.6 Å². The van der Waals surface area contributed by atoms with Gasteiger partial charge < -0.3 is 24.5 Å². The third kappa shape index (κ3) is 4.91. The fourth-order valence-corrected chi connectivity index (χ4v) is 4.11. The van der Waals surface area contributed by atoms with Gasteiger partial charge >= 0.3 is 0 Å². The van der Waals surface area contributed by atoms with Crippen LogP contribution >= 0.6 is 0 Å². The minimum absolute atomic E-state index is 0.0101. The molecule has 1 amide bonds. The Labute approximate surface area is 199 Å². The van der Waals surface area contributed by atoms with Gasteiger partial charge in [-0.05, 0) is 41.0 Å². The molecule has 174 valence electrons. The number of amides is 1. The molecule has 34 heavy (non-hydrogen) atoms. The molecular formula is C28H28N2O4. The predicted molar refractivity (Wildman–Crippen MR) is 135 cm³/mol. The second-order valence-electron chi connectivity index (χ2n) is 7.79. The van der Waals surface area contributed by atoms with Gasteiger partial charge in [-0.2, -0.15) is 0 Å². The first-order chi connectivity index (χ1) is 16.6. The van der Waals surface area contributed by atoms with E-state index in [1.165, 1.54) is 6.08 Å². The zero-order chi connectivity index (χ0) is 23.9. The summed E-state index contributed by atoms with van der Waals surface area (Å²) < 4.78 is 16.1. The van der Waals surface area contributed by atoms with Crippen LogP contribution in [-0.4, -0.2) is 38.8 Å². The van der Waals surface area contributed by atoms with Crippen molar-refractivity contribution in [3.8, 4) is 17.2 Å². The van der Waals surface area contributed by atoms with Gasteiger partial charge in [-0.1, -0.05) is 48.5 Å². The summed E-state index contributed by atoms with van der Waals surface area (Å²) in [5.74, 6) is 1.40. The van der Waals surface area contributed by atoms with Crippen LogP contribution in [0.15, 0.2) is 79.0 Å². The maximum Gasteiger partial charge on any atom is 0.244 e. The van der Waals surface area contributed by atoms with Gasteiger partial charge in [0.1, 0.15) is 0 Å². The zero-order valence-corrected chi connectivity index (χ0v) is 19.5. The highest BCUT2D eigenvalue weighted by Crippen LogP contribution is 2.38. The smallest absolute Gasteiger partial charge is 0.244 e.